The molecule has 1 aromatic heterocycles. The molecule has 5 nitrogen and oxygen atoms in total. The summed E-state index contributed by atoms with van der Waals surface area (Å²) < 4.78 is 5.30. The minimum absolute atomic E-state index is 0.0974. The van der Waals surface area contributed by atoms with Crippen LogP contribution in [-0.2, 0) is 17.8 Å². The first kappa shape index (κ1) is 15.1. The van der Waals surface area contributed by atoms with Crippen LogP contribution in [0.2, 0.25) is 0 Å². The summed E-state index contributed by atoms with van der Waals surface area (Å²) in [4.78, 5) is 16.4. The van der Waals surface area contributed by atoms with Gasteiger partial charge in [0.05, 0.1) is 6.42 Å². The Morgan fingerprint density at radius 1 is 1.17 bits per heavy atom. The van der Waals surface area contributed by atoms with Gasteiger partial charge in [0.1, 0.15) is 0 Å². The molecule has 2 saturated carbocycles. The quantitative estimate of drug-likeness (QED) is 0.850. The average molecular weight is 323 g/mol. The maximum absolute atomic E-state index is 12.0. The molecule has 24 heavy (non-hydrogen) atoms. The molecule has 1 aromatic carbocycles. The maximum Gasteiger partial charge on any atom is 0.250 e. The van der Waals surface area contributed by atoms with Gasteiger partial charge in [-0.2, -0.15) is 4.98 Å². The number of aromatic nitrogens is 2. The van der Waals surface area contributed by atoms with Crippen LogP contribution in [0.1, 0.15) is 43.0 Å². The predicted octanol–water partition coefficient (Wildman–Crippen LogP) is 3.13. The van der Waals surface area contributed by atoms with E-state index < -0.39 is 0 Å². The van der Waals surface area contributed by atoms with Crippen LogP contribution in [0, 0.1) is 11.8 Å². The third-order valence-corrected chi connectivity index (χ3v) is 4.52. The molecule has 0 spiro atoms. The predicted molar refractivity (Wildman–Crippen MR) is 89.7 cm³/mol. The van der Waals surface area contributed by atoms with Crippen molar-refractivity contribution in [2.24, 2.45) is 11.8 Å². The third kappa shape index (κ3) is 3.91. The summed E-state index contributed by atoms with van der Waals surface area (Å²) in [6, 6.07) is 9.83. The van der Waals surface area contributed by atoms with Crippen LogP contribution in [0.4, 0.5) is 0 Å². The minimum atomic E-state index is -0.0974. The average Bonchev–Trinajstić information content (AvgIpc) is 3.52. The fraction of sp³-hybridized carbons (Fsp3) is 0.421. The molecule has 2 aliphatic rings. The molecular weight excluding hydrogens is 302 g/mol. The normalized spacial score (nSPS) is 16.7. The zero-order chi connectivity index (χ0) is 16.4. The lowest BCUT2D eigenvalue weighted by Crippen LogP contribution is -2.24. The first-order chi connectivity index (χ1) is 11.8. The van der Waals surface area contributed by atoms with Crippen LogP contribution in [0.25, 0.3) is 6.08 Å². The van der Waals surface area contributed by atoms with Gasteiger partial charge in [0.2, 0.25) is 5.91 Å². The summed E-state index contributed by atoms with van der Waals surface area (Å²) in [6.45, 7) is 0.512. The van der Waals surface area contributed by atoms with E-state index in [9.17, 15) is 4.79 Å². The largest absolute Gasteiger partial charge is 0.352 e. The molecule has 0 aliphatic heterocycles. The summed E-state index contributed by atoms with van der Waals surface area (Å²) in [5.74, 6) is 2.33. The Hall–Kier alpha value is -2.43. The van der Waals surface area contributed by atoms with E-state index >= 15 is 0 Å². The van der Waals surface area contributed by atoms with Gasteiger partial charge in [0.25, 0.3) is 5.89 Å². The van der Waals surface area contributed by atoms with Crippen LogP contribution in [0.5, 0.6) is 0 Å². The van der Waals surface area contributed by atoms with Crippen molar-refractivity contribution in [2.75, 3.05) is 0 Å². The molecule has 5 heteroatoms. The van der Waals surface area contributed by atoms with Crippen LogP contribution in [0.3, 0.4) is 0 Å². The van der Waals surface area contributed by atoms with Crippen molar-refractivity contribution in [1.82, 2.24) is 15.5 Å². The first-order valence-corrected chi connectivity index (χ1v) is 8.62. The topological polar surface area (TPSA) is 68.0 Å². The smallest absolute Gasteiger partial charge is 0.250 e. The summed E-state index contributed by atoms with van der Waals surface area (Å²) >= 11 is 0. The molecule has 1 heterocycles. The Bertz CT molecular complexity index is 729. The van der Waals surface area contributed by atoms with Gasteiger partial charge in [0.15, 0.2) is 5.82 Å². The Labute approximate surface area is 141 Å². The highest BCUT2D eigenvalue weighted by atomic mass is 16.5. The molecule has 0 saturated heterocycles. The van der Waals surface area contributed by atoms with Crippen molar-refractivity contribution in [3.05, 3.63) is 53.2 Å². The Morgan fingerprint density at radius 2 is 1.88 bits per heavy atom. The lowest BCUT2D eigenvalue weighted by molar-refractivity contribution is -0.120. The molecule has 2 aromatic rings. The van der Waals surface area contributed by atoms with Crippen molar-refractivity contribution in [3.8, 4) is 0 Å². The van der Waals surface area contributed by atoms with Gasteiger partial charge >= 0.3 is 0 Å². The van der Waals surface area contributed by atoms with E-state index in [1.54, 1.807) is 0 Å². The number of benzene rings is 1. The summed E-state index contributed by atoms with van der Waals surface area (Å²) in [7, 11) is 0. The number of amides is 1. The maximum atomic E-state index is 12.0. The van der Waals surface area contributed by atoms with E-state index in [4.69, 9.17) is 4.52 Å². The van der Waals surface area contributed by atoms with E-state index in [1.807, 2.05) is 36.4 Å². The fourth-order valence-electron chi connectivity index (χ4n) is 2.95. The first-order valence-electron chi connectivity index (χ1n) is 8.62. The highest BCUT2D eigenvalue weighted by molar-refractivity contribution is 5.77. The van der Waals surface area contributed by atoms with Crippen molar-refractivity contribution < 1.29 is 9.32 Å². The van der Waals surface area contributed by atoms with E-state index in [0.29, 0.717) is 18.3 Å². The minimum Gasteiger partial charge on any atom is -0.352 e. The SMILES string of the molecule is O=C(Cc1noc(C=C(C2CC2)C2CC2)n1)NCc1ccccc1. The van der Waals surface area contributed by atoms with E-state index in [2.05, 4.69) is 15.5 Å². The molecule has 1 N–H and O–H groups in total. The van der Waals surface area contributed by atoms with E-state index in [0.717, 1.165) is 17.4 Å². The van der Waals surface area contributed by atoms with Gasteiger partial charge in [-0.15, -0.1) is 0 Å². The molecule has 1 amide bonds. The second-order valence-corrected chi connectivity index (χ2v) is 6.68. The summed E-state index contributed by atoms with van der Waals surface area (Å²) in [6.07, 6.45) is 7.33. The number of hydrogen-bond acceptors (Lipinski definition) is 4. The number of nitrogens with one attached hydrogen (secondary N) is 1. The summed E-state index contributed by atoms with van der Waals surface area (Å²) in [5.41, 5.74) is 2.54. The fourth-order valence-corrected chi connectivity index (χ4v) is 2.95. The third-order valence-electron chi connectivity index (χ3n) is 4.52. The molecule has 0 bridgehead atoms. The molecule has 2 fully saturated rings. The van der Waals surface area contributed by atoms with Gasteiger partial charge < -0.3 is 9.84 Å². The molecule has 0 atom stereocenters. The summed E-state index contributed by atoms with van der Waals surface area (Å²) in [5, 5.41) is 6.81. The highest BCUT2D eigenvalue weighted by Gasteiger charge is 2.36. The van der Waals surface area contributed by atoms with Crippen LogP contribution < -0.4 is 5.32 Å². The number of allylic oxidation sites excluding steroid dienone is 1. The number of hydrogen-bond donors (Lipinski definition) is 1. The number of nitrogens with zero attached hydrogens (tertiary/aromatic N) is 2. The molecule has 4 rings (SSSR count). The van der Waals surface area contributed by atoms with Crippen LogP contribution >= 0.6 is 0 Å². The van der Waals surface area contributed by atoms with Crippen molar-refractivity contribution in [3.63, 3.8) is 0 Å². The van der Waals surface area contributed by atoms with E-state index in [1.165, 1.54) is 31.3 Å². The number of carbonyl (C=O) groups is 1. The van der Waals surface area contributed by atoms with Gasteiger partial charge in [-0.25, -0.2) is 0 Å². The lowest BCUT2D eigenvalue weighted by Gasteiger charge is -2.03. The Kier molecular flexibility index (Phi) is 4.15. The Morgan fingerprint density at radius 3 is 2.54 bits per heavy atom. The van der Waals surface area contributed by atoms with Crippen molar-refractivity contribution in [1.29, 1.82) is 0 Å². The number of carbonyl (C=O) groups excluding carboxylic acids is 1. The number of rotatable bonds is 7. The zero-order valence-corrected chi connectivity index (χ0v) is 13.6. The van der Waals surface area contributed by atoms with Crippen molar-refractivity contribution in [2.45, 2.75) is 38.6 Å². The molecule has 0 radical (unpaired) electrons. The lowest BCUT2D eigenvalue weighted by atomic mass is 10.1. The Balaban J connectivity index is 1.33. The van der Waals surface area contributed by atoms with Gasteiger partial charge in [-0.1, -0.05) is 41.1 Å². The molecule has 2 aliphatic carbocycles. The molecule has 124 valence electrons. The highest BCUT2D eigenvalue weighted by Crippen LogP contribution is 2.49. The van der Waals surface area contributed by atoms with E-state index in [-0.39, 0.29) is 12.3 Å². The zero-order valence-electron chi connectivity index (χ0n) is 13.6. The second-order valence-electron chi connectivity index (χ2n) is 6.68. The van der Waals surface area contributed by atoms with Crippen molar-refractivity contribution >= 4 is 12.0 Å². The standard InChI is InChI=1S/C19H21N3O2/c23-18(20-12-13-4-2-1-3-5-13)11-17-21-19(24-22-17)10-16(14-6-7-14)15-8-9-15/h1-5,10,14-15H,6-9,11-12H2,(H,20,23). The van der Waals surface area contributed by atoms with Crippen LogP contribution in [-0.4, -0.2) is 16.0 Å². The molecule has 0 unspecified atom stereocenters. The monoisotopic (exact) mass is 323 g/mol. The van der Waals surface area contributed by atoms with Gasteiger partial charge in [0, 0.05) is 12.6 Å². The van der Waals surface area contributed by atoms with Gasteiger partial charge in [-0.05, 0) is 43.1 Å². The van der Waals surface area contributed by atoms with Gasteiger partial charge in [-0.3, -0.25) is 4.79 Å². The molecular formula is C19H21N3O2. The second kappa shape index (κ2) is 6.59. The van der Waals surface area contributed by atoms with Crippen LogP contribution in [0.15, 0.2) is 40.4 Å².